The number of methoxy groups -OCH3 is 1. The lowest BCUT2D eigenvalue weighted by molar-refractivity contribution is -0.152. The van der Waals surface area contributed by atoms with Gasteiger partial charge in [0.15, 0.2) is 6.61 Å². The highest BCUT2D eigenvalue weighted by Gasteiger charge is 2.41. The van der Waals surface area contributed by atoms with Crippen molar-refractivity contribution in [3.8, 4) is 17.4 Å². The Balaban J connectivity index is 1.53. The van der Waals surface area contributed by atoms with Gasteiger partial charge in [-0.15, -0.1) is 0 Å². The Morgan fingerprint density at radius 3 is 2.39 bits per heavy atom. The van der Waals surface area contributed by atoms with E-state index in [1.54, 1.807) is 36.5 Å². The summed E-state index contributed by atoms with van der Waals surface area (Å²) in [6.07, 6.45) is 5.65. The number of hydrogen-bond donors (Lipinski definition) is 1. The van der Waals surface area contributed by atoms with Crippen molar-refractivity contribution < 1.29 is 23.8 Å². The zero-order chi connectivity index (χ0) is 19.8. The van der Waals surface area contributed by atoms with Gasteiger partial charge in [-0.1, -0.05) is 25.3 Å². The van der Waals surface area contributed by atoms with Crippen LogP contribution in [0.5, 0.6) is 17.4 Å². The molecule has 0 saturated heterocycles. The zero-order valence-corrected chi connectivity index (χ0v) is 15.8. The smallest absolute Gasteiger partial charge is 0.331 e. The van der Waals surface area contributed by atoms with Crippen molar-refractivity contribution in [3.05, 3.63) is 48.7 Å². The molecule has 1 aromatic heterocycles. The Labute approximate surface area is 164 Å². The molecule has 0 unspecified atom stereocenters. The van der Waals surface area contributed by atoms with E-state index in [4.69, 9.17) is 14.2 Å². The van der Waals surface area contributed by atoms with Crippen LogP contribution in [0.15, 0.2) is 48.7 Å². The lowest BCUT2D eigenvalue weighted by Gasteiger charge is -2.35. The molecular formula is C21H24N2O5. The van der Waals surface area contributed by atoms with Crippen molar-refractivity contribution in [2.45, 2.75) is 37.6 Å². The SMILES string of the molecule is COC(=O)C1(NC(=O)COc2ccc(Oc3ccccn3)cc2)CCCCC1. The fourth-order valence-corrected chi connectivity index (χ4v) is 3.31. The van der Waals surface area contributed by atoms with Gasteiger partial charge in [0.2, 0.25) is 5.88 Å². The summed E-state index contributed by atoms with van der Waals surface area (Å²) in [7, 11) is 1.34. The number of amides is 1. The maximum absolute atomic E-state index is 12.3. The fraction of sp³-hybridized carbons (Fsp3) is 0.381. The van der Waals surface area contributed by atoms with E-state index < -0.39 is 11.5 Å². The van der Waals surface area contributed by atoms with Gasteiger partial charge in [0, 0.05) is 12.3 Å². The number of ether oxygens (including phenoxy) is 3. The molecule has 0 bridgehead atoms. The second kappa shape index (κ2) is 9.21. The summed E-state index contributed by atoms with van der Waals surface area (Å²) in [6.45, 7) is -0.181. The first-order chi connectivity index (χ1) is 13.6. The number of aromatic nitrogens is 1. The number of hydrogen-bond acceptors (Lipinski definition) is 6. The molecule has 0 aliphatic heterocycles. The van der Waals surface area contributed by atoms with Gasteiger partial charge < -0.3 is 19.5 Å². The van der Waals surface area contributed by atoms with E-state index in [0.29, 0.717) is 30.2 Å². The number of benzene rings is 1. The van der Waals surface area contributed by atoms with Gasteiger partial charge in [0.25, 0.3) is 5.91 Å². The van der Waals surface area contributed by atoms with Crippen LogP contribution in [0.1, 0.15) is 32.1 Å². The van der Waals surface area contributed by atoms with Crippen LogP contribution in [-0.2, 0) is 14.3 Å². The molecule has 3 rings (SSSR count). The molecule has 0 atom stereocenters. The first-order valence-electron chi connectivity index (χ1n) is 9.32. The second-order valence-electron chi connectivity index (χ2n) is 6.71. The summed E-state index contributed by atoms with van der Waals surface area (Å²) in [5.74, 6) is 0.899. The lowest BCUT2D eigenvalue weighted by atomic mass is 9.81. The second-order valence-corrected chi connectivity index (χ2v) is 6.71. The number of nitrogens with one attached hydrogen (secondary N) is 1. The van der Waals surface area contributed by atoms with E-state index in [-0.39, 0.29) is 12.5 Å². The normalized spacial score (nSPS) is 15.3. The molecule has 148 valence electrons. The van der Waals surface area contributed by atoms with E-state index in [2.05, 4.69) is 10.3 Å². The Kier molecular flexibility index (Phi) is 6.47. The predicted molar refractivity (Wildman–Crippen MR) is 102 cm³/mol. The Morgan fingerprint density at radius 1 is 1.04 bits per heavy atom. The molecule has 1 aliphatic carbocycles. The molecule has 1 aromatic carbocycles. The van der Waals surface area contributed by atoms with Gasteiger partial charge in [0.05, 0.1) is 7.11 Å². The topological polar surface area (TPSA) is 86.8 Å². The summed E-state index contributed by atoms with van der Waals surface area (Å²) in [4.78, 5) is 28.6. The van der Waals surface area contributed by atoms with E-state index in [1.807, 2.05) is 12.1 Å². The molecular weight excluding hydrogens is 360 g/mol. The van der Waals surface area contributed by atoms with Crippen LogP contribution >= 0.6 is 0 Å². The van der Waals surface area contributed by atoms with Gasteiger partial charge in [0.1, 0.15) is 17.0 Å². The minimum absolute atomic E-state index is 0.181. The molecule has 28 heavy (non-hydrogen) atoms. The summed E-state index contributed by atoms with van der Waals surface area (Å²) in [5, 5.41) is 2.83. The lowest BCUT2D eigenvalue weighted by Crippen LogP contribution is -2.57. The predicted octanol–water partition coefficient (Wildman–Crippen LogP) is 3.24. The number of carbonyl (C=O) groups is 2. The first-order valence-corrected chi connectivity index (χ1v) is 9.32. The average Bonchev–Trinajstić information content (AvgIpc) is 2.74. The number of rotatable bonds is 7. The maximum atomic E-state index is 12.3. The molecule has 1 N–H and O–H groups in total. The molecule has 7 nitrogen and oxygen atoms in total. The monoisotopic (exact) mass is 384 g/mol. The third kappa shape index (κ3) is 5.00. The molecule has 1 fully saturated rings. The van der Waals surface area contributed by atoms with Gasteiger partial charge in [-0.05, 0) is 43.2 Å². The highest BCUT2D eigenvalue weighted by Crippen LogP contribution is 2.29. The van der Waals surface area contributed by atoms with Gasteiger partial charge in [-0.25, -0.2) is 9.78 Å². The first kappa shape index (κ1) is 19.7. The fourth-order valence-electron chi connectivity index (χ4n) is 3.31. The summed E-state index contributed by atoms with van der Waals surface area (Å²) in [5.41, 5.74) is -0.937. The van der Waals surface area contributed by atoms with E-state index in [1.165, 1.54) is 7.11 Å². The van der Waals surface area contributed by atoms with Gasteiger partial charge in [-0.2, -0.15) is 0 Å². The summed E-state index contributed by atoms with van der Waals surface area (Å²) >= 11 is 0. The largest absolute Gasteiger partial charge is 0.484 e. The molecule has 7 heteroatoms. The summed E-state index contributed by atoms with van der Waals surface area (Å²) in [6, 6.07) is 12.3. The number of nitrogens with zero attached hydrogens (tertiary/aromatic N) is 1. The third-order valence-corrected chi connectivity index (χ3v) is 4.72. The highest BCUT2D eigenvalue weighted by molar-refractivity contribution is 5.88. The van der Waals surface area contributed by atoms with Gasteiger partial charge in [-0.3, -0.25) is 4.79 Å². The zero-order valence-electron chi connectivity index (χ0n) is 15.8. The molecule has 1 saturated carbocycles. The van der Waals surface area contributed by atoms with Crippen LogP contribution in [0.4, 0.5) is 0 Å². The summed E-state index contributed by atoms with van der Waals surface area (Å²) < 4.78 is 16.1. The van der Waals surface area contributed by atoms with E-state index in [0.717, 1.165) is 19.3 Å². The highest BCUT2D eigenvalue weighted by atomic mass is 16.5. The Bertz CT molecular complexity index is 786. The van der Waals surface area contributed by atoms with Crippen LogP contribution < -0.4 is 14.8 Å². The third-order valence-electron chi connectivity index (χ3n) is 4.72. The Hall–Kier alpha value is -3.09. The van der Waals surface area contributed by atoms with Crippen molar-refractivity contribution in [2.75, 3.05) is 13.7 Å². The van der Waals surface area contributed by atoms with Crippen LogP contribution in [0.2, 0.25) is 0 Å². The Morgan fingerprint density at radius 2 is 1.75 bits per heavy atom. The van der Waals surface area contributed by atoms with Crippen molar-refractivity contribution in [3.63, 3.8) is 0 Å². The van der Waals surface area contributed by atoms with Crippen LogP contribution in [0.25, 0.3) is 0 Å². The van der Waals surface area contributed by atoms with Crippen LogP contribution in [0.3, 0.4) is 0 Å². The van der Waals surface area contributed by atoms with E-state index in [9.17, 15) is 9.59 Å². The number of esters is 1. The van der Waals surface area contributed by atoms with Crippen LogP contribution in [-0.4, -0.2) is 36.1 Å². The van der Waals surface area contributed by atoms with Crippen molar-refractivity contribution in [2.24, 2.45) is 0 Å². The molecule has 0 spiro atoms. The van der Waals surface area contributed by atoms with Crippen molar-refractivity contribution >= 4 is 11.9 Å². The standard InChI is InChI=1S/C21H24N2O5/c1-26-20(25)21(12-4-2-5-13-21)23-18(24)15-27-16-8-10-17(11-9-16)28-19-7-3-6-14-22-19/h3,6-11,14H,2,4-5,12-13,15H2,1H3,(H,23,24). The number of carbonyl (C=O) groups excluding carboxylic acids is 2. The molecule has 2 aromatic rings. The molecule has 1 amide bonds. The maximum Gasteiger partial charge on any atom is 0.331 e. The molecule has 1 heterocycles. The van der Waals surface area contributed by atoms with Gasteiger partial charge >= 0.3 is 5.97 Å². The molecule has 1 aliphatic rings. The number of pyridine rings is 1. The van der Waals surface area contributed by atoms with Crippen molar-refractivity contribution in [1.82, 2.24) is 10.3 Å². The minimum Gasteiger partial charge on any atom is -0.484 e. The van der Waals surface area contributed by atoms with Crippen molar-refractivity contribution in [1.29, 1.82) is 0 Å². The van der Waals surface area contributed by atoms with Crippen LogP contribution in [0, 0.1) is 0 Å². The quantitative estimate of drug-likeness (QED) is 0.738. The minimum atomic E-state index is -0.937. The molecule has 0 radical (unpaired) electrons. The average molecular weight is 384 g/mol. The van der Waals surface area contributed by atoms with E-state index >= 15 is 0 Å².